The predicted octanol–water partition coefficient (Wildman–Crippen LogP) is 1.12. The van der Waals surface area contributed by atoms with E-state index in [0.717, 1.165) is 3.57 Å². The average Bonchev–Trinajstić information content (AvgIpc) is 2.31. The lowest BCUT2D eigenvalue weighted by molar-refractivity contribution is -0.154. The maximum atomic E-state index is 11.4. The highest BCUT2D eigenvalue weighted by Crippen LogP contribution is 2.17. The van der Waals surface area contributed by atoms with Gasteiger partial charge in [0.05, 0.1) is 19.9 Å². The van der Waals surface area contributed by atoms with Gasteiger partial charge in [-0.2, -0.15) is 0 Å². The summed E-state index contributed by atoms with van der Waals surface area (Å²) < 4.78 is 9.99. The first-order chi connectivity index (χ1) is 7.60. The van der Waals surface area contributed by atoms with E-state index >= 15 is 0 Å². The fourth-order valence-electron chi connectivity index (χ4n) is 1.13. The SMILES string of the molecule is COC(=O)C(C(=O)OC)c1ccc(I)cn1. The minimum atomic E-state index is -1.12. The lowest BCUT2D eigenvalue weighted by atomic mass is 10.1. The Kier molecular flexibility index (Phi) is 4.66. The van der Waals surface area contributed by atoms with E-state index in [4.69, 9.17) is 0 Å². The molecule has 86 valence electrons. The van der Waals surface area contributed by atoms with Gasteiger partial charge in [-0.15, -0.1) is 0 Å². The van der Waals surface area contributed by atoms with E-state index in [-0.39, 0.29) is 0 Å². The van der Waals surface area contributed by atoms with Crippen molar-refractivity contribution in [1.29, 1.82) is 0 Å². The van der Waals surface area contributed by atoms with Gasteiger partial charge in [0.2, 0.25) is 0 Å². The van der Waals surface area contributed by atoms with Crippen molar-refractivity contribution in [1.82, 2.24) is 4.98 Å². The molecule has 1 aromatic heterocycles. The van der Waals surface area contributed by atoms with Crippen LogP contribution in [0.25, 0.3) is 0 Å². The third-order valence-corrected chi connectivity index (χ3v) is 2.56. The van der Waals surface area contributed by atoms with E-state index in [1.54, 1.807) is 18.3 Å². The number of aromatic nitrogens is 1. The zero-order chi connectivity index (χ0) is 12.1. The molecule has 0 amide bonds. The van der Waals surface area contributed by atoms with Gasteiger partial charge in [-0.25, -0.2) is 0 Å². The quantitative estimate of drug-likeness (QED) is 0.470. The molecule has 0 aliphatic carbocycles. The van der Waals surface area contributed by atoms with Crippen molar-refractivity contribution in [3.8, 4) is 0 Å². The maximum Gasteiger partial charge on any atom is 0.326 e. The number of rotatable bonds is 3. The number of hydrogen-bond donors (Lipinski definition) is 0. The van der Waals surface area contributed by atoms with Crippen LogP contribution in [0.2, 0.25) is 0 Å². The van der Waals surface area contributed by atoms with Gasteiger partial charge in [0.1, 0.15) is 0 Å². The molecule has 0 aliphatic heterocycles. The highest BCUT2D eigenvalue weighted by molar-refractivity contribution is 14.1. The molecule has 0 saturated heterocycles. The zero-order valence-corrected chi connectivity index (χ0v) is 10.9. The Labute approximate surface area is 106 Å². The summed E-state index contributed by atoms with van der Waals surface area (Å²) in [7, 11) is 2.43. The highest BCUT2D eigenvalue weighted by atomic mass is 127. The highest BCUT2D eigenvalue weighted by Gasteiger charge is 2.31. The van der Waals surface area contributed by atoms with Gasteiger partial charge >= 0.3 is 11.9 Å². The van der Waals surface area contributed by atoms with Crippen LogP contribution >= 0.6 is 22.6 Å². The van der Waals surface area contributed by atoms with E-state index in [0.29, 0.717) is 5.69 Å². The molecular formula is C10H10INO4. The molecule has 0 aromatic carbocycles. The van der Waals surface area contributed by atoms with E-state index in [2.05, 4.69) is 37.0 Å². The second-order valence-electron chi connectivity index (χ2n) is 2.88. The molecule has 0 radical (unpaired) electrons. The first kappa shape index (κ1) is 12.9. The second-order valence-corrected chi connectivity index (χ2v) is 4.13. The summed E-state index contributed by atoms with van der Waals surface area (Å²) in [6.45, 7) is 0. The molecule has 0 atom stereocenters. The molecule has 0 unspecified atom stereocenters. The van der Waals surface area contributed by atoms with Crippen LogP contribution in [0.15, 0.2) is 18.3 Å². The predicted molar refractivity (Wildman–Crippen MR) is 63.7 cm³/mol. The van der Waals surface area contributed by atoms with Crippen molar-refractivity contribution in [3.05, 3.63) is 27.6 Å². The van der Waals surface area contributed by atoms with Gasteiger partial charge in [0.15, 0.2) is 5.92 Å². The number of pyridine rings is 1. The smallest absolute Gasteiger partial charge is 0.326 e. The number of ether oxygens (including phenoxy) is 2. The number of carbonyl (C=O) groups is 2. The standard InChI is InChI=1S/C10H10INO4/c1-15-9(13)8(10(14)16-2)7-4-3-6(11)5-12-7/h3-5,8H,1-2H3. The van der Waals surface area contributed by atoms with Gasteiger partial charge in [0, 0.05) is 9.77 Å². The van der Waals surface area contributed by atoms with E-state index in [9.17, 15) is 9.59 Å². The van der Waals surface area contributed by atoms with Gasteiger partial charge in [-0.3, -0.25) is 14.6 Å². The van der Waals surface area contributed by atoms with Crippen molar-refractivity contribution >= 4 is 34.5 Å². The molecule has 1 aromatic rings. The summed E-state index contributed by atoms with van der Waals surface area (Å²) in [5.74, 6) is -2.48. The van der Waals surface area contributed by atoms with Crippen molar-refractivity contribution in [2.45, 2.75) is 5.92 Å². The molecule has 0 bridgehead atoms. The molecule has 1 rings (SSSR count). The number of halogens is 1. The Morgan fingerprint density at radius 2 is 1.81 bits per heavy atom. The first-order valence-corrected chi connectivity index (χ1v) is 5.45. The number of hydrogen-bond acceptors (Lipinski definition) is 5. The fourth-order valence-corrected chi connectivity index (χ4v) is 1.45. The average molecular weight is 335 g/mol. The fraction of sp³-hybridized carbons (Fsp3) is 0.300. The molecule has 0 saturated carbocycles. The van der Waals surface area contributed by atoms with Crippen LogP contribution in [0.4, 0.5) is 0 Å². The lowest BCUT2D eigenvalue weighted by Gasteiger charge is -2.11. The third-order valence-electron chi connectivity index (χ3n) is 1.92. The Hall–Kier alpha value is -1.18. The molecule has 6 heteroatoms. The lowest BCUT2D eigenvalue weighted by Crippen LogP contribution is -2.25. The minimum Gasteiger partial charge on any atom is -0.468 e. The Morgan fingerprint density at radius 3 is 2.19 bits per heavy atom. The van der Waals surface area contributed by atoms with Crippen molar-refractivity contribution < 1.29 is 19.1 Å². The van der Waals surface area contributed by atoms with Gasteiger partial charge in [-0.1, -0.05) is 0 Å². The minimum absolute atomic E-state index is 0.319. The summed E-state index contributed by atoms with van der Waals surface area (Å²) in [6.07, 6.45) is 1.56. The van der Waals surface area contributed by atoms with E-state index in [1.807, 2.05) is 0 Å². The van der Waals surface area contributed by atoms with Crippen LogP contribution < -0.4 is 0 Å². The molecule has 16 heavy (non-hydrogen) atoms. The van der Waals surface area contributed by atoms with E-state index < -0.39 is 17.9 Å². The Balaban J connectivity index is 3.06. The number of nitrogens with zero attached hydrogens (tertiary/aromatic N) is 1. The van der Waals surface area contributed by atoms with Gasteiger partial charge in [0.25, 0.3) is 0 Å². The van der Waals surface area contributed by atoms with Gasteiger partial charge in [-0.05, 0) is 34.7 Å². The second kappa shape index (κ2) is 5.78. The van der Waals surface area contributed by atoms with Crippen molar-refractivity contribution in [2.24, 2.45) is 0 Å². The van der Waals surface area contributed by atoms with Crippen molar-refractivity contribution in [3.63, 3.8) is 0 Å². The largest absolute Gasteiger partial charge is 0.468 e. The molecule has 1 heterocycles. The molecule has 0 aliphatic rings. The number of carbonyl (C=O) groups excluding carboxylic acids is 2. The van der Waals surface area contributed by atoms with Crippen LogP contribution in [0, 0.1) is 3.57 Å². The maximum absolute atomic E-state index is 11.4. The van der Waals surface area contributed by atoms with Crippen LogP contribution in [0.3, 0.4) is 0 Å². The van der Waals surface area contributed by atoms with Crippen molar-refractivity contribution in [2.75, 3.05) is 14.2 Å². The monoisotopic (exact) mass is 335 g/mol. The van der Waals surface area contributed by atoms with Gasteiger partial charge < -0.3 is 9.47 Å². The van der Waals surface area contributed by atoms with Crippen LogP contribution in [0.5, 0.6) is 0 Å². The zero-order valence-electron chi connectivity index (χ0n) is 8.77. The normalized spacial score (nSPS) is 10.0. The number of methoxy groups -OCH3 is 2. The van der Waals surface area contributed by atoms with Crippen LogP contribution in [-0.2, 0) is 19.1 Å². The summed E-state index contributed by atoms with van der Waals surface area (Å²) in [6, 6.07) is 3.35. The van der Waals surface area contributed by atoms with E-state index in [1.165, 1.54) is 14.2 Å². The first-order valence-electron chi connectivity index (χ1n) is 4.37. The molecule has 0 spiro atoms. The summed E-state index contributed by atoms with van der Waals surface area (Å²) in [5, 5.41) is 0. The third kappa shape index (κ3) is 2.91. The summed E-state index contributed by atoms with van der Waals surface area (Å²) in [4.78, 5) is 26.9. The van der Waals surface area contributed by atoms with Crippen LogP contribution in [-0.4, -0.2) is 31.1 Å². The topological polar surface area (TPSA) is 65.5 Å². The molecule has 0 N–H and O–H groups in total. The Morgan fingerprint density at radius 1 is 1.25 bits per heavy atom. The summed E-state index contributed by atoms with van der Waals surface area (Å²) in [5.41, 5.74) is 0.319. The van der Waals surface area contributed by atoms with Crippen LogP contribution in [0.1, 0.15) is 11.6 Å². The molecular weight excluding hydrogens is 325 g/mol. The number of esters is 2. The summed E-state index contributed by atoms with van der Waals surface area (Å²) >= 11 is 2.08. The Bertz CT molecular complexity index is 374. The molecule has 5 nitrogen and oxygen atoms in total. The molecule has 0 fully saturated rings.